The number of pyridine rings is 1. The molecule has 3 aromatic rings. The van der Waals surface area contributed by atoms with Crippen LogP contribution in [0.3, 0.4) is 0 Å². The minimum absolute atomic E-state index is 0.0292. The summed E-state index contributed by atoms with van der Waals surface area (Å²) in [7, 11) is 0. The lowest BCUT2D eigenvalue weighted by molar-refractivity contribution is 0.561. The second-order valence-electron chi connectivity index (χ2n) is 5.70. The zero-order chi connectivity index (χ0) is 20.3. The molecule has 28 heavy (non-hydrogen) atoms. The number of hydrogen-bond acceptors (Lipinski definition) is 8. The lowest BCUT2D eigenvalue weighted by Gasteiger charge is -2.14. The molecule has 0 aliphatic heterocycles. The molecular formula is C18H14F2N8. The van der Waals surface area contributed by atoms with Crippen LogP contribution in [0.5, 0.6) is 0 Å². The number of nitriles is 1. The van der Waals surface area contributed by atoms with Gasteiger partial charge in [0.1, 0.15) is 29.2 Å². The number of benzene rings is 1. The van der Waals surface area contributed by atoms with Gasteiger partial charge in [-0.2, -0.15) is 10.2 Å². The molecule has 0 spiro atoms. The Bertz CT molecular complexity index is 1080. The highest BCUT2D eigenvalue weighted by atomic mass is 19.1. The summed E-state index contributed by atoms with van der Waals surface area (Å²) in [4.78, 5) is 12.0. The van der Waals surface area contributed by atoms with Crippen molar-refractivity contribution in [2.45, 2.75) is 6.54 Å². The normalized spacial score (nSPS) is 10.3. The molecule has 0 saturated carbocycles. The molecule has 10 heteroatoms. The summed E-state index contributed by atoms with van der Waals surface area (Å²) < 4.78 is 28.0. The van der Waals surface area contributed by atoms with Crippen LogP contribution in [0.2, 0.25) is 0 Å². The third-order valence-corrected chi connectivity index (χ3v) is 3.85. The summed E-state index contributed by atoms with van der Waals surface area (Å²) in [6.07, 6.45) is 2.41. The van der Waals surface area contributed by atoms with E-state index in [1.807, 2.05) is 6.07 Å². The van der Waals surface area contributed by atoms with E-state index < -0.39 is 11.6 Å². The van der Waals surface area contributed by atoms with Crippen molar-refractivity contribution in [3.8, 4) is 17.3 Å². The van der Waals surface area contributed by atoms with Gasteiger partial charge in [0.2, 0.25) is 5.95 Å². The SMILES string of the molecule is N#Cc1cc(-c2nc(N)nc(NCc3c(F)cc(N)cc3F)c2C=N)ccn1. The number of aromatic nitrogens is 3. The van der Waals surface area contributed by atoms with Crippen LogP contribution < -0.4 is 16.8 Å². The Balaban J connectivity index is 2.02. The van der Waals surface area contributed by atoms with Crippen LogP contribution in [0.4, 0.5) is 26.2 Å². The molecule has 0 aliphatic carbocycles. The fraction of sp³-hybridized carbons (Fsp3) is 0.0556. The molecule has 3 rings (SSSR count). The van der Waals surface area contributed by atoms with Crippen LogP contribution in [0.15, 0.2) is 30.5 Å². The third kappa shape index (κ3) is 3.68. The molecule has 140 valence electrons. The molecule has 0 bridgehead atoms. The first-order valence-electron chi connectivity index (χ1n) is 7.94. The minimum Gasteiger partial charge on any atom is -0.399 e. The number of rotatable bonds is 5. The molecule has 6 N–H and O–H groups in total. The van der Waals surface area contributed by atoms with Crippen molar-refractivity contribution in [3.63, 3.8) is 0 Å². The Hall–Kier alpha value is -4.13. The maximum Gasteiger partial charge on any atom is 0.222 e. The first-order chi connectivity index (χ1) is 13.4. The number of nitrogens with zero attached hydrogens (tertiary/aromatic N) is 4. The number of hydrogen-bond donors (Lipinski definition) is 4. The number of nitrogens with one attached hydrogen (secondary N) is 2. The van der Waals surface area contributed by atoms with Crippen molar-refractivity contribution in [2.24, 2.45) is 0 Å². The van der Waals surface area contributed by atoms with Crippen LogP contribution in [0.1, 0.15) is 16.8 Å². The molecule has 2 heterocycles. The second-order valence-corrected chi connectivity index (χ2v) is 5.70. The smallest absolute Gasteiger partial charge is 0.222 e. The molecule has 0 saturated heterocycles. The largest absolute Gasteiger partial charge is 0.399 e. The van der Waals surface area contributed by atoms with Crippen LogP contribution in [-0.2, 0) is 6.54 Å². The van der Waals surface area contributed by atoms with Crippen molar-refractivity contribution >= 4 is 23.7 Å². The van der Waals surface area contributed by atoms with E-state index in [0.29, 0.717) is 5.56 Å². The van der Waals surface area contributed by atoms with E-state index in [2.05, 4.69) is 20.3 Å². The highest BCUT2D eigenvalue weighted by molar-refractivity contribution is 5.93. The van der Waals surface area contributed by atoms with Gasteiger partial charge >= 0.3 is 0 Å². The van der Waals surface area contributed by atoms with Gasteiger partial charge in [-0.1, -0.05) is 0 Å². The number of nitrogen functional groups attached to an aromatic ring is 2. The van der Waals surface area contributed by atoms with Crippen molar-refractivity contribution in [2.75, 3.05) is 16.8 Å². The molecule has 0 aliphatic rings. The molecule has 0 atom stereocenters. The van der Waals surface area contributed by atoms with E-state index in [0.717, 1.165) is 18.3 Å². The second kappa shape index (κ2) is 7.63. The van der Waals surface area contributed by atoms with E-state index in [9.17, 15) is 8.78 Å². The van der Waals surface area contributed by atoms with Gasteiger partial charge in [-0.05, 0) is 24.3 Å². The van der Waals surface area contributed by atoms with Crippen molar-refractivity contribution in [1.29, 1.82) is 10.7 Å². The Kier molecular flexibility index (Phi) is 5.08. The van der Waals surface area contributed by atoms with E-state index in [1.165, 1.54) is 12.3 Å². The van der Waals surface area contributed by atoms with Crippen molar-refractivity contribution < 1.29 is 8.78 Å². The Morgan fingerprint density at radius 3 is 2.54 bits per heavy atom. The van der Waals surface area contributed by atoms with E-state index in [4.69, 9.17) is 22.1 Å². The average Bonchev–Trinajstić information content (AvgIpc) is 2.66. The third-order valence-electron chi connectivity index (χ3n) is 3.85. The fourth-order valence-electron chi connectivity index (χ4n) is 2.58. The predicted octanol–water partition coefficient (Wildman–Crippen LogP) is 2.46. The Morgan fingerprint density at radius 1 is 1.18 bits per heavy atom. The molecule has 0 fully saturated rings. The topological polar surface area (TPSA) is 150 Å². The van der Waals surface area contributed by atoms with Crippen LogP contribution in [-0.4, -0.2) is 21.2 Å². The molecule has 2 aromatic heterocycles. The van der Waals surface area contributed by atoms with Gasteiger partial charge < -0.3 is 22.2 Å². The van der Waals surface area contributed by atoms with Gasteiger partial charge in [-0.25, -0.2) is 18.7 Å². The van der Waals surface area contributed by atoms with Gasteiger partial charge in [-0.3, -0.25) is 0 Å². The summed E-state index contributed by atoms with van der Waals surface area (Å²) >= 11 is 0. The Morgan fingerprint density at radius 2 is 1.89 bits per heavy atom. The number of anilines is 3. The monoisotopic (exact) mass is 380 g/mol. The molecule has 1 aromatic carbocycles. The summed E-state index contributed by atoms with van der Waals surface area (Å²) in [5.74, 6) is -1.62. The molecule has 0 amide bonds. The van der Waals surface area contributed by atoms with E-state index in [-0.39, 0.29) is 46.5 Å². The lowest BCUT2D eigenvalue weighted by atomic mass is 10.1. The fourth-order valence-corrected chi connectivity index (χ4v) is 2.58. The minimum atomic E-state index is -0.809. The maximum absolute atomic E-state index is 14.0. The van der Waals surface area contributed by atoms with Gasteiger partial charge in [-0.15, -0.1) is 0 Å². The van der Waals surface area contributed by atoms with E-state index >= 15 is 0 Å². The number of halogens is 2. The van der Waals surface area contributed by atoms with Gasteiger partial charge in [0.25, 0.3) is 0 Å². The predicted molar refractivity (Wildman–Crippen MR) is 100 cm³/mol. The lowest BCUT2D eigenvalue weighted by Crippen LogP contribution is -2.11. The average molecular weight is 380 g/mol. The highest BCUT2D eigenvalue weighted by Crippen LogP contribution is 2.27. The van der Waals surface area contributed by atoms with Gasteiger partial charge in [0.05, 0.1) is 11.3 Å². The zero-order valence-electron chi connectivity index (χ0n) is 14.4. The first kappa shape index (κ1) is 18.7. The zero-order valence-corrected chi connectivity index (χ0v) is 14.4. The standard InChI is InChI=1S/C18H14F2N8/c19-14-4-10(23)5-15(20)13(14)8-26-17-12(7-22)16(27-18(24)28-17)9-1-2-25-11(3-9)6-21/h1-5,7,22H,8,23H2,(H3,24,26,27,28). The van der Waals surface area contributed by atoms with Crippen molar-refractivity contribution in [3.05, 3.63) is 58.9 Å². The van der Waals surface area contributed by atoms with Crippen LogP contribution in [0.25, 0.3) is 11.3 Å². The molecule has 0 unspecified atom stereocenters. The Labute approximate surface area is 158 Å². The summed E-state index contributed by atoms with van der Waals surface area (Å²) in [6, 6.07) is 7.02. The summed E-state index contributed by atoms with van der Waals surface area (Å²) in [5, 5.41) is 19.5. The quantitative estimate of drug-likeness (QED) is 0.392. The number of nitrogens with two attached hydrogens (primary N) is 2. The summed E-state index contributed by atoms with van der Waals surface area (Å²) in [5.41, 5.74) is 12.1. The first-order valence-corrected chi connectivity index (χ1v) is 7.94. The van der Waals surface area contributed by atoms with Crippen molar-refractivity contribution in [1.82, 2.24) is 15.0 Å². The van der Waals surface area contributed by atoms with Crippen LogP contribution >= 0.6 is 0 Å². The molecule has 0 radical (unpaired) electrons. The molecule has 8 nitrogen and oxygen atoms in total. The summed E-state index contributed by atoms with van der Waals surface area (Å²) in [6.45, 7) is -0.255. The highest BCUT2D eigenvalue weighted by Gasteiger charge is 2.16. The van der Waals surface area contributed by atoms with E-state index in [1.54, 1.807) is 6.07 Å². The maximum atomic E-state index is 14.0. The van der Waals surface area contributed by atoms with Gasteiger partial charge in [0.15, 0.2) is 0 Å². The van der Waals surface area contributed by atoms with Crippen LogP contribution in [0, 0.1) is 28.4 Å². The van der Waals surface area contributed by atoms with Gasteiger partial charge in [0, 0.05) is 35.8 Å². The molecular weight excluding hydrogens is 366 g/mol.